The van der Waals surface area contributed by atoms with Crippen molar-refractivity contribution in [3.63, 3.8) is 0 Å². The van der Waals surface area contributed by atoms with Gasteiger partial charge in [0.2, 0.25) is 0 Å². The molecular formula is C27H33NO8S. The summed E-state index contributed by atoms with van der Waals surface area (Å²) >= 11 is 0. The number of benzene rings is 3. The highest BCUT2D eigenvalue weighted by molar-refractivity contribution is 7.85. The molecule has 0 bridgehead atoms. The standard InChI is InChI=1S/C26H27NO4.CH4O3S.H2O/c1-18-10-13-21(14-11-18)30-23-15-12-20(22(28)17-27-26(2,3)4)16-24(23)31-25(29)19-8-6-5-7-9-19;1-5(2,3)4;/h5-16,27H,17H2,1-4H3;1H3,(H,2,3,4);1H2. The Morgan fingerprint density at radius 3 is 2.00 bits per heavy atom. The zero-order chi connectivity index (χ0) is 26.9. The zero-order valence-corrected chi connectivity index (χ0v) is 22.3. The van der Waals surface area contributed by atoms with E-state index in [4.69, 9.17) is 14.0 Å². The van der Waals surface area contributed by atoms with E-state index < -0.39 is 16.1 Å². The van der Waals surface area contributed by atoms with E-state index in [1.165, 1.54) is 0 Å². The second-order valence-corrected chi connectivity index (χ2v) is 10.6. The van der Waals surface area contributed by atoms with Gasteiger partial charge in [-0.25, -0.2) is 4.79 Å². The molecular weight excluding hydrogens is 498 g/mol. The van der Waals surface area contributed by atoms with Crippen LogP contribution in [0.4, 0.5) is 0 Å². The van der Waals surface area contributed by atoms with Gasteiger partial charge in [-0.15, -0.1) is 0 Å². The van der Waals surface area contributed by atoms with E-state index in [9.17, 15) is 18.0 Å². The van der Waals surface area contributed by atoms with Gasteiger partial charge in [0.1, 0.15) is 5.75 Å². The van der Waals surface area contributed by atoms with Crippen LogP contribution in [-0.4, -0.2) is 48.5 Å². The molecule has 0 aliphatic rings. The Labute approximate surface area is 217 Å². The maximum absolute atomic E-state index is 12.7. The molecule has 0 atom stereocenters. The second-order valence-electron chi connectivity index (χ2n) is 9.09. The molecule has 0 aliphatic carbocycles. The van der Waals surface area contributed by atoms with Crippen LogP contribution in [0, 0.1) is 6.92 Å². The fraction of sp³-hybridized carbons (Fsp3) is 0.259. The zero-order valence-electron chi connectivity index (χ0n) is 21.4. The normalized spacial score (nSPS) is 10.9. The predicted octanol–water partition coefficient (Wildman–Crippen LogP) is 4.26. The molecule has 0 fully saturated rings. The first-order chi connectivity index (χ1) is 16.7. The van der Waals surface area contributed by atoms with E-state index >= 15 is 0 Å². The molecule has 4 N–H and O–H groups in total. The van der Waals surface area contributed by atoms with Gasteiger partial charge in [0.15, 0.2) is 17.3 Å². The highest BCUT2D eigenvalue weighted by Crippen LogP contribution is 2.33. The first kappa shape index (κ1) is 31.5. The first-order valence-corrected chi connectivity index (χ1v) is 12.9. The number of nitrogens with one attached hydrogen (secondary N) is 1. The Morgan fingerprint density at radius 1 is 0.892 bits per heavy atom. The Morgan fingerprint density at radius 2 is 1.46 bits per heavy atom. The lowest BCUT2D eigenvalue weighted by atomic mass is 10.1. The summed E-state index contributed by atoms with van der Waals surface area (Å²) in [6.45, 7) is 8.14. The molecule has 0 aromatic heterocycles. The van der Waals surface area contributed by atoms with Crippen LogP contribution in [0.15, 0.2) is 72.8 Å². The summed E-state index contributed by atoms with van der Waals surface area (Å²) in [5.74, 6) is 0.529. The van der Waals surface area contributed by atoms with Crippen molar-refractivity contribution in [2.45, 2.75) is 33.2 Å². The van der Waals surface area contributed by atoms with E-state index in [1.807, 2.05) is 58.0 Å². The fourth-order valence-electron chi connectivity index (χ4n) is 2.76. The molecule has 3 rings (SSSR count). The van der Waals surface area contributed by atoms with Crippen molar-refractivity contribution in [1.29, 1.82) is 0 Å². The van der Waals surface area contributed by atoms with Crippen molar-refractivity contribution >= 4 is 21.9 Å². The summed E-state index contributed by atoms with van der Waals surface area (Å²) in [5, 5.41) is 3.18. The van der Waals surface area contributed by atoms with Crippen LogP contribution in [-0.2, 0) is 10.1 Å². The molecule has 9 nitrogen and oxygen atoms in total. The third kappa shape index (κ3) is 12.3. The van der Waals surface area contributed by atoms with E-state index in [2.05, 4.69) is 5.32 Å². The summed E-state index contributed by atoms with van der Waals surface area (Å²) < 4.78 is 37.4. The number of ketones is 1. The Balaban J connectivity index is 0.00000104. The summed E-state index contributed by atoms with van der Waals surface area (Å²) in [6, 6.07) is 21.1. The van der Waals surface area contributed by atoms with E-state index in [0.717, 1.165) is 5.56 Å². The van der Waals surface area contributed by atoms with Crippen molar-refractivity contribution in [3.05, 3.63) is 89.5 Å². The minimum absolute atomic E-state index is 0. The first-order valence-electron chi connectivity index (χ1n) is 11.1. The number of hydrogen-bond acceptors (Lipinski definition) is 7. The minimum Gasteiger partial charge on any atom is -0.453 e. The van der Waals surface area contributed by atoms with Gasteiger partial charge >= 0.3 is 5.97 Å². The number of rotatable bonds is 7. The maximum Gasteiger partial charge on any atom is 0.343 e. The van der Waals surface area contributed by atoms with Crippen LogP contribution in [0.1, 0.15) is 47.1 Å². The lowest BCUT2D eigenvalue weighted by Crippen LogP contribution is -2.39. The van der Waals surface area contributed by atoms with Gasteiger partial charge in [0.25, 0.3) is 10.1 Å². The topological polar surface area (TPSA) is 151 Å². The molecule has 0 aliphatic heterocycles. The van der Waals surface area contributed by atoms with Gasteiger partial charge in [-0.2, -0.15) is 8.42 Å². The van der Waals surface area contributed by atoms with Crippen LogP contribution in [0.25, 0.3) is 0 Å². The molecule has 3 aromatic carbocycles. The highest BCUT2D eigenvalue weighted by Gasteiger charge is 2.18. The molecule has 3 aromatic rings. The van der Waals surface area contributed by atoms with Crippen LogP contribution in [0.3, 0.4) is 0 Å². The van der Waals surface area contributed by atoms with Crippen LogP contribution in [0.2, 0.25) is 0 Å². The van der Waals surface area contributed by atoms with Crippen molar-refractivity contribution in [1.82, 2.24) is 5.32 Å². The Hall–Kier alpha value is -3.57. The summed E-state index contributed by atoms with van der Waals surface area (Å²) in [5.41, 5.74) is 1.77. The van der Waals surface area contributed by atoms with Crippen molar-refractivity contribution < 1.29 is 37.5 Å². The smallest absolute Gasteiger partial charge is 0.343 e. The molecule has 10 heteroatoms. The highest BCUT2D eigenvalue weighted by atomic mass is 32.2. The molecule has 0 saturated carbocycles. The quantitative estimate of drug-likeness (QED) is 0.199. The predicted molar refractivity (Wildman–Crippen MR) is 142 cm³/mol. The molecule has 0 unspecified atom stereocenters. The molecule has 0 radical (unpaired) electrons. The van der Waals surface area contributed by atoms with Gasteiger partial charge in [-0.3, -0.25) is 9.35 Å². The van der Waals surface area contributed by atoms with E-state index in [-0.39, 0.29) is 29.1 Å². The van der Waals surface area contributed by atoms with Crippen molar-refractivity contribution in [2.24, 2.45) is 0 Å². The Kier molecular flexibility index (Phi) is 11.6. The van der Waals surface area contributed by atoms with Crippen LogP contribution < -0.4 is 14.8 Å². The van der Waals surface area contributed by atoms with Gasteiger partial charge in [-0.05, 0) is 70.2 Å². The molecule has 200 valence electrons. The number of esters is 1. The van der Waals surface area contributed by atoms with Crippen LogP contribution in [0.5, 0.6) is 17.2 Å². The average Bonchev–Trinajstić information content (AvgIpc) is 2.79. The van der Waals surface area contributed by atoms with E-state index in [1.54, 1.807) is 42.5 Å². The molecule has 0 spiro atoms. The summed E-state index contributed by atoms with van der Waals surface area (Å²) in [6.07, 6.45) is 0.715. The van der Waals surface area contributed by atoms with Crippen molar-refractivity contribution in [2.75, 3.05) is 12.8 Å². The van der Waals surface area contributed by atoms with Gasteiger partial charge < -0.3 is 20.3 Å². The lowest BCUT2D eigenvalue weighted by molar-refractivity contribution is 0.0729. The fourth-order valence-corrected chi connectivity index (χ4v) is 2.76. The lowest BCUT2D eigenvalue weighted by Gasteiger charge is -2.20. The maximum atomic E-state index is 12.7. The second kappa shape index (κ2) is 13.7. The number of ether oxygens (including phenoxy) is 2. The largest absolute Gasteiger partial charge is 0.453 e. The van der Waals surface area contributed by atoms with Crippen LogP contribution >= 0.6 is 0 Å². The number of hydrogen-bond donors (Lipinski definition) is 2. The summed E-state index contributed by atoms with van der Waals surface area (Å²) in [7, 11) is -3.67. The molecule has 0 heterocycles. The van der Waals surface area contributed by atoms with Gasteiger partial charge in [0.05, 0.1) is 18.4 Å². The number of aryl methyl sites for hydroxylation is 1. The molecule has 37 heavy (non-hydrogen) atoms. The molecule has 0 saturated heterocycles. The average molecular weight is 532 g/mol. The minimum atomic E-state index is -3.67. The SMILES string of the molecule is CS(=O)(=O)O.Cc1ccc(Oc2ccc(C(=O)CNC(C)(C)C)cc2OC(=O)c2ccccc2)cc1.O. The number of carbonyl (C=O) groups excluding carboxylic acids is 2. The number of carbonyl (C=O) groups is 2. The van der Waals surface area contributed by atoms with Crippen molar-refractivity contribution in [3.8, 4) is 17.2 Å². The summed E-state index contributed by atoms with van der Waals surface area (Å²) in [4.78, 5) is 25.3. The Bertz CT molecular complexity index is 1270. The third-order valence-electron chi connectivity index (χ3n) is 4.51. The molecule has 0 amide bonds. The van der Waals surface area contributed by atoms with Gasteiger partial charge in [0, 0.05) is 11.1 Å². The number of Topliss-reactive ketones (excluding diaryl/α,β-unsaturated/α-hetero) is 1. The third-order valence-corrected chi connectivity index (χ3v) is 4.51. The van der Waals surface area contributed by atoms with Gasteiger partial charge in [-0.1, -0.05) is 35.9 Å². The van der Waals surface area contributed by atoms with E-state index in [0.29, 0.717) is 28.9 Å². The monoisotopic (exact) mass is 531 g/mol.